The van der Waals surface area contributed by atoms with E-state index in [-0.39, 0.29) is 17.9 Å². The van der Waals surface area contributed by atoms with Crippen LogP contribution >= 0.6 is 15.9 Å². The van der Waals surface area contributed by atoms with Crippen molar-refractivity contribution in [1.82, 2.24) is 10.2 Å². The van der Waals surface area contributed by atoms with Crippen molar-refractivity contribution in [3.8, 4) is 0 Å². The monoisotopic (exact) mass is 260 g/mol. The Morgan fingerprint density at radius 3 is 2.71 bits per heavy atom. The molecule has 0 saturated carbocycles. The first-order valence-corrected chi connectivity index (χ1v) is 5.24. The summed E-state index contributed by atoms with van der Waals surface area (Å²) in [5.41, 5.74) is 0. The van der Waals surface area contributed by atoms with Crippen molar-refractivity contribution in [3.63, 3.8) is 0 Å². The van der Waals surface area contributed by atoms with Gasteiger partial charge in [0.25, 0.3) is 5.91 Å². The van der Waals surface area contributed by atoms with Crippen LogP contribution in [0.4, 0.5) is 0 Å². The van der Waals surface area contributed by atoms with Crippen LogP contribution in [0.3, 0.4) is 0 Å². The van der Waals surface area contributed by atoms with E-state index in [0.29, 0.717) is 11.0 Å². The Labute approximate surface area is 91.5 Å². The minimum atomic E-state index is -0.332. The van der Waals surface area contributed by atoms with Crippen LogP contribution in [0.25, 0.3) is 0 Å². The van der Waals surface area contributed by atoms with Crippen LogP contribution in [-0.4, -0.2) is 36.3 Å². The van der Waals surface area contributed by atoms with Crippen molar-refractivity contribution in [2.45, 2.75) is 18.9 Å². The summed E-state index contributed by atoms with van der Waals surface area (Å²) in [6, 6.07) is -0.332. The number of nitrogens with zero attached hydrogens (tertiary/aromatic N) is 1. The maximum absolute atomic E-state index is 11.6. The Bertz CT molecular complexity index is 278. The van der Waals surface area contributed by atoms with Crippen LogP contribution < -0.4 is 5.32 Å². The number of carbonyl (C=O) groups is 2. The average Bonchev–Trinajstić information content (AvgIpc) is 2.63. The second-order valence-electron chi connectivity index (χ2n) is 3.18. The van der Waals surface area contributed by atoms with Crippen molar-refractivity contribution in [3.05, 3.63) is 11.1 Å². The molecule has 78 valence electrons. The molecular formula is C9H13BrN2O2. The zero-order valence-electron chi connectivity index (χ0n) is 8.05. The van der Waals surface area contributed by atoms with Gasteiger partial charge >= 0.3 is 0 Å². The number of hydrogen-bond donors (Lipinski definition) is 1. The fourth-order valence-electron chi connectivity index (χ4n) is 1.60. The van der Waals surface area contributed by atoms with E-state index in [9.17, 15) is 9.59 Å². The van der Waals surface area contributed by atoms with Crippen LogP contribution in [0.5, 0.6) is 0 Å². The fourth-order valence-corrected chi connectivity index (χ4v) is 1.83. The van der Waals surface area contributed by atoms with E-state index in [2.05, 4.69) is 27.8 Å². The number of amides is 2. The third-order valence-corrected chi connectivity index (χ3v) is 2.63. The fraction of sp³-hybridized carbons (Fsp3) is 0.556. The highest BCUT2D eigenvalue weighted by Gasteiger charge is 2.33. The maximum atomic E-state index is 11.6. The number of likely N-dealkylation sites (tertiary alicyclic amines) is 1. The first kappa shape index (κ1) is 11.2. The number of rotatable bonds is 2. The third-order valence-electron chi connectivity index (χ3n) is 2.29. The predicted octanol–water partition coefficient (Wildman–Crippen LogP) is 0.632. The van der Waals surface area contributed by atoms with Gasteiger partial charge in [0, 0.05) is 13.6 Å². The lowest BCUT2D eigenvalue weighted by Gasteiger charge is -2.22. The number of nitrogens with one attached hydrogen (secondary N) is 1. The molecule has 0 aliphatic carbocycles. The Kier molecular flexibility index (Phi) is 3.69. The van der Waals surface area contributed by atoms with Crippen molar-refractivity contribution >= 4 is 27.7 Å². The average molecular weight is 261 g/mol. The summed E-state index contributed by atoms with van der Waals surface area (Å²) in [6.07, 6.45) is 1.59. The first-order valence-electron chi connectivity index (χ1n) is 4.45. The number of likely N-dealkylation sites (N-methyl/N-ethyl adjacent to an activating group) is 1. The molecule has 1 aliphatic rings. The molecule has 1 fully saturated rings. The minimum absolute atomic E-state index is 0.107. The Balaban J connectivity index is 2.73. The molecule has 1 saturated heterocycles. The van der Waals surface area contributed by atoms with Crippen molar-refractivity contribution in [2.75, 3.05) is 13.6 Å². The van der Waals surface area contributed by atoms with E-state index in [1.54, 1.807) is 11.9 Å². The van der Waals surface area contributed by atoms with E-state index in [4.69, 9.17) is 0 Å². The Hall–Kier alpha value is -0.840. The molecule has 0 aromatic carbocycles. The van der Waals surface area contributed by atoms with Crippen LogP contribution in [-0.2, 0) is 9.59 Å². The molecule has 0 unspecified atom stereocenters. The van der Waals surface area contributed by atoms with Gasteiger partial charge in [0.05, 0.1) is 4.48 Å². The van der Waals surface area contributed by atoms with Gasteiger partial charge in [0.1, 0.15) is 6.04 Å². The van der Waals surface area contributed by atoms with Crippen LogP contribution in [0.2, 0.25) is 0 Å². The summed E-state index contributed by atoms with van der Waals surface area (Å²) >= 11 is 3.03. The summed E-state index contributed by atoms with van der Waals surface area (Å²) in [6.45, 7) is 4.14. The topological polar surface area (TPSA) is 49.4 Å². The molecule has 1 heterocycles. The first-order chi connectivity index (χ1) is 6.57. The van der Waals surface area contributed by atoms with Crippen LogP contribution in [0.1, 0.15) is 12.8 Å². The van der Waals surface area contributed by atoms with Crippen molar-refractivity contribution in [2.24, 2.45) is 0 Å². The van der Waals surface area contributed by atoms with Crippen LogP contribution in [0, 0.1) is 0 Å². The molecule has 5 heteroatoms. The molecule has 1 aliphatic heterocycles. The zero-order chi connectivity index (χ0) is 10.7. The summed E-state index contributed by atoms with van der Waals surface area (Å²) in [7, 11) is 1.58. The van der Waals surface area contributed by atoms with Gasteiger partial charge in [-0.2, -0.15) is 0 Å². The maximum Gasteiger partial charge on any atom is 0.260 e. The summed E-state index contributed by atoms with van der Waals surface area (Å²) in [5.74, 6) is -0.305. The van der Waals surface area contributed by atoms with Crippen molar-refractivity contribution in [1.29, 1.82) is 0 Å². The molecule has 2 amide bonds. The summed E-state index contributed by atoms with van der Waals surface area (Å²) in [5, 5.41) is 2.55. The summed E-state index contributed by atoms with van der Waals surface area (Å²) in [4.78, 5) is 24.5. The highest BCUT2D eigenvalue weighted by Crippen LogP contribution is 2.20. The number of carbonyl (C=O) groups excluding carboxylic acids is 2. The molecular weight excluding hydrogens is 248 g/mol. The van der Waals surface area contributed by atoms with E-state index >= 15 is 0 Å². The van der Waals surface area contributed by atoms with Gasteiger partial charge in [-0.05, 0) is 28.8 Å². The van der Waals surface area contributed by atoms with E-state index in [1.807, 2.05) is 0 Å². The second kappa shape index (κ2) is 4.59. The third kappa shape index (κ3) is 2.15. The molecule has 1 rings (SSSR count). The van der Waals surface area contributed by atoms with E-state index < -0.39 is 0 Å². The second-order valence-corrected chi connectivity index (χ2v) is 4.13. The lowest BCUT2D eigenvalue weighted by atomic mass is 10.2. The SMILES string of the molecule is C=C(Br)C(=O)N1CCC[C@H]1C(=O)NC. The largest absolute Gasteiger partial charge is 0.357 e. The van der Waals surface area contributed by atoms with E-state index in [0.717, 1.165) is 12.8 Å². The molecule has 0 bridgehead atoms. The highest BCUT2D eigenvalue weighted by molar-refractivity contribution is 9.12. The lowest BCUT2D eigenvalue weighted by molar-refractivity contribution is -0.134. The smallest absolute Gasteiger partial charge is 0.260 e. The van der Waals surface area contributed by atoms with Gasteiger partial charge in [-0.25, -0.2) is 0 Å². The van der Waals surface area contributed by atoms with Gasteiger partial charge in [-0.3, -0.25) is 9.59 Å². The number of halogens is 1. The van der Waals surface area contributed by atoms with Gasteiger partial charge < -0.3 is 10.2 Å². The number of hydrogen-bond acceptors (Lipinski definition) is 2. The molecule has 4 nitrogen and oxygen atoms in total. The molecule has 1 N–H and O–H groups in total. The van der Waals surface area contributed by atoms with Crippen LogP contribution in [0.15, 0.2) is 11.1 Å². The van der Waals surface area contributed by atoms with E-state index in [1.165, 1.54) is 0 Å². The van der Waals surface area contributed by atoms with Gasteiger partial charge in [-0.15, -0.1) is 0 Å². The molecule has 0 spiro atoms. The molecule has 0 aromatic heterocycles. The Morgan fingerprint density at radius 1 is 1.57 bits per heavy atom. The molecule has 0 aromatic rings. The van der Waals surface area contributed by atoms with Crippen molar-refractivity contribution < 1.29 is 9.59 Å². The van der Waals surface area contributed by atoms with Gasteiger partial charge in [0.2, 0.25) is 5.91 Å². The van der Waals surface area contributed by atoms with Gasteiger partial charge in [-0.1, -0.05) is 6.58 Å². The zero-order valence-corrected chi connectivity index (χ0v) is 9.63. The highest BCUT2D eigenvalue weighted by atomic mass is 79.9. The molecule has 14 heavy (non-hydrogen) atoms. The molecule has 1 atom stereocenters. The quantitative estimate of drug-likeness (QED) is 0.741. The normalized spacial score (nSPS) is 20.7. The van der Waals surface area contributed by atoms with Gasteiger partial charge in [0.15, 0.2) is 0 Å². The summed E-state index contributed by atoms with van der Waals surface area (Å²) < 4.78 is 0.299. The predicted molar refractivity (Wildman–Crippen MR) is 56.9 cm³/mol. The Morgan fingerprint density at radius 2 is 2.21 bits per heavy atom. The minimum Gasteiger partial charge on any atom is -0.357 e. The lowest BCUT2D eigenvalue weighted by Crippen LogP contribution is -2.44. The molecule has 0 radical (unpaired) electrons. The standard InChI is InChI=1S/C9H13BrN2O2/c1-6(10)9(14)12-5-3-4-7(12)8(13)11-2/h7H,1,3-5H2,2H3,(H,11,13)/t7-/m0/s1.